The van der Waals surface area contributed by atoms with E-state index in [0.29, 0.717) is 17.2 Å². The van der Waals surface area contributed by atoms with Crippen molar-refractivity contribution in [2.24, 2.45) is 0 Å². The zero-order chi connectivity index (χ0) is 20.2. The van der Waals surface area contributed by atoms with Crippen LogP contribution >= 0.6 is 11.3 Å². The number of allylic oxidation sites excluding steroid dienone is 1. The lowest BCUT2D eigenvalue weighted by Gasteiger charge is -2.08. The van der Waals surface area contributed by atoms with Gasteiger partial charge in [-0.15, -0.1) is 11.3 Å². The van der Waals surface area contributed by atoms with Crippen molar-refractivity contribution in [3.63, 3.8) is 0 Å². The zero-order valence-corrected chi connectivity index (χ0v) is 16.3. The quantitative estimate of drug-likeness (QED) is 0.495. The Labute approximate surface area is 170 Å². The van der Waals surface area contributed by atoms with Crippen LogP contribution in [0.4, 0.5) is 5.82 Å². The molecule has 4 rings (SSSR count). The van der Waals surface area contributed by atoms with Gasteiger partial charge in [-0.2, -0.15) is 9.78 Å². The molecule has 7 nitrogen and oxygen atoms in total. The highest BCUT2D eigenvalue weighted by Crippen LogP contribution is 2.27. The molecule has 0 aliphatic heterocycles. The van der Waals surface area contributed by atoms with Gasteiger partial charge in [0.1, 0.15) is 11.5 Å². The normalized spacial score (nSPS) is 11.1. The number of anilines is 1. The van der Waals surface area contributed by atoms with Gasteiger partial charge in [-0.05, 0) is 24.4 Å². The van der Waals surface area contributed by atoms with Gasteiger partial charge in [0.2, 0.25) is 11.9 Å². The molecule has 8 heteroatoms. The minimum absolute atomic E-state index is 0.218. The standard InChI is InChI=1S/C21H17N5O2S/c1-2-7-19(27)23-18-12-16(17-10-6-11-29-17)25-26(18)21-22-15(13-20(28)24-21)14-8-4-3-5-9-14/h2-13H,1H3,(H,23,27)(H,22,24,28)/b7-2-. The Morgan fingerprint density at radius 2 is 1.97 bits per heavy atom. The van der Waals surface area contributed by atoms with Crippen molar-refractivity contribution in [2.45, 2.75) is 6.92 Å². The smallest absolute Gasteiger partial charge is 0.252 e. The summed E-state index contributed by atoms with van der Waals surface area (Å²) >= 11 is 1.53. The molecule has 3 heterocycles. The van der Waals surface area contributed by atoms with Crippen LogP contribution in [0.25, 0.3) is 27.8 Å². The number of hydrogen-bond donors (Lipinski definition) is 2. The second kappa shape index (κ2) is 8.07. The van der Waals surface area contributed by atoms with Crippen molar-refractivity contribution < 1.29 is 4.79 Å². The van der Waals surface area contributed by atoms with Crippen LogP contribution < -0.4 is 10.9 Å². The third kappa shape index (κ3) is 4.07. The summed E-state index contributed by atoms with van der Waals surface area (Å²) in [5.74, 6) is 0.327. The molecule has 1 amide bonds. The molecule has 0 fully saturated rings. The van der Waals surface area contributed by atoms with Gasteiger partial charge in [0.15, 0.2) is 0 Å². The maximum atomic E-state index is 12.3. The van der Waals surface area contributed by atoms with Crippen molar-refractivity contribution >= 4 is 23.1 Å². The van der Waals surface area contributed by atoms with E-state index < -0.39 is 0 Å². The van der Waals surface area contributed by atoms with Crippen molar-refractivity contribution in [3.05, 3.63) is 82.5 Å². The Hall–Kier alpha value is -3.78. The fourth-order valence-electron chi connectivity index (χ4n) is 2.80. The van der Waals surface area contributed by atoms with Gasteiger partial charge < -0.3 is 5.32 Å². The van der Waals surface area contributed by atoms with E-state index in [0.717, 1.165) is 10.4 Å². The van der Waals surface area contributed by atoms with E-state index >= 15 is 0 Å². The number of carbonyl (C=O) groups excluding carboxylic acids is 1. The second-order valence-electron chi connectivity index (χ2n) is 6.11. The lowest BCUT2D eigenvalue weighted by molar-refractivity contribution is -0.111. The predicted molar refractivity (Wildman–Crippen MR) is 114 cm³/mol. The number of aromatic amines is 1. The maximum Gasteiger partial charge on any atom is 0.252 e. The summed E-state index contributed by atoms with van der Waals surface area (Å²) in [5, 5.41) is 9.30. The van der Waals surface area contributed by atoms with Crippen molar-refractivity contribution in [1.82, 2.24) is 19.7 Å². The van der Waals surface area contributed by atoms with E-state index in [1.807, 2.05) is 47.8 Å². The van der Waals surface area contributed by atoms with Crippen LogP contribution in [0.3, 0.4) is 0 Å². The highest BCUT2D eigenvalue weighted by Gasteiger charge is 2.16. The van der Waals surface area contributed by atoms with Gasteiger partial charge in [0.25, 0.3) is 5.56 Å². The van der Waals surface area contributed by atoms with Crippen LogP contribution in [-0.2, 0) is 4.79 Å². The van der Waals surface area contributed by atoms with E-state index in [4.69, 9.17) is 0 Å². The molecule has 0 aliphatic rings. The first-order valence-electron chi connectivity index (χ1n) is 8.89. The number of thiophene rings is 1. The minimum Gasteiger partial charge on any atom is -0.307 e. The van der Waals surface area contributed by atoms with E-state index in [1.54, 1.807) is 19.1 Å². The second-order valence-corrected chi connectivity index (χ2v) is 7.06. The minimum atomic E-state index is -0.312. The van der Waals surface area contributed by atoms with Crippen LogP contribution in [-0.4, -0.2) is 25.7 Å². The molecule has 0 aliphatic carbocycles. The number of carbonyl (C=O) groups is 1. The zero-order valence-electron chi connectivity index (χ0n) is 15.5. The van der Waals surface area contributed by atoms with Crippen LogP contribution in [0, 0.1) is 0 Å². The fourth-order valence-corrected chi connectivity index (χ4v) is 3.48. The number of nitrogens with one attached hydrogen (secondary N) is 2. The number of aromatic nitrogens is 4. The van der Waals surface area contributed by atoms with Crippen LogP contribution in [0.15, 0.2) is 76.9 Å². The molecule has 0 unspecified atom stereocenters. The molecule has 0 spiro atoms. The number of benzene rings is 1. The monoisotopic (exact) mass is 403 g/mol. The first kappa shape index (κ1) is 18.6. The molecule has 2 N–H and O–H groups in total. The van der Waals surface area contributed by atoms with Gasteiger partial charge in [-0.25, -0.2) is 4.98 Å². The average Bonchev–Trinajstić information content (AvgIpc) is 3.38. The maximum absolute atomic E-state index is 12.3. The topological polar surface area (TPSA) is 92.7 Å². The van der Waals surface area contributed by atoms with Gasteiger partial charge in [0.05, 0.1) is 10.6 Å². The SMILES string of the molecule is C/C=C\C(=O)Nc1cc(-c2cccs2)nn1-c1nc(-c2ccccc2)cc(=O)[nH]1. The lowest BCUT2D eigenvalue weighted by Crippen LogP contribution is -2.17. The fraction of sp³-hybridized carbons (Fsp3) is 0.0476. The molecule has 0 saturated carbocycles. The summed E-state index contributed by atoms with van der Waals surface area (Å²) in [6.45, 7) is 1.76. The summed E-state index contributed by atoms with van der Waals surface area (Å²) in [4.78, 5) is 32.6. The largest absolute Gasteiger partial charge is 0.307 e. The van der Waals surface area contributed by atoms with Gasteiger partial charge in [-0.3, -0.25) is 14.6 Å². The van der Waals surface area contributed by atoms with Crippen LogP contribution in [0.1, 0.15) is 6.92 Å². The van der Waals surface area contributed by atoms with Gasteiger partial charge in [0, 0.05) is 17.7 Å². The summed E-state index contributed by atoms with van der Waals surface area (Å²) < 4.78 is 1.43. The molecular formula is C21H17N5O2S. The molecule has 3 aromatic heterocycles. The Balaban J connectivity index is 1.84. The lowest BCUT2D eigenvalue weighted by atomic mass is 10.1. The van der Waals surface area contributed by atoms with Crippen LogP contribution in [0.2, 0.25) is 0 Å². The molecule has 0 saturated heterocycles. The van der Waals surface area contributed by atoms with E-state index in [1.165, 1.54) is 28.2 Å². The highest BCUT2D eigenvalue weighted by molar-refractivity contribution is 7.13. The predicted octanol–water partition coefficient (Wildman–Crippen LogP) is 3.87. The van der Waals surface area contributed by atoms with E-state index in [-0.39, 0.29) is 17.4 Å². The highest BCUT2D eigenvalue weighted by atomic mass is 32.1. The van der Waals surface area contributed by atoms with Crippen molar-refractivity contribution in [1.29, 1.82) is 0 Å². The molecule has 144 valence electrons. The molecule has 1 aromatic carbocycles. The Kier molecular flexibility index (Phi) is 5.17. The molecular weight excluding hydrogens is 386 g/mol. The third-order valence-electron chi connectivity index (χ3n) is 4.05. The third-order valence-corrected chi connectivity index (χ3v) is 4.94. The van der Waals surface area contributed by atoms with Gasteiger partial charge >= 0.3 is 0 Å². The first-order chi connectivity index (χ1) is 14.1. The number of amides is 1. The van der Waals surface area contributed by atoms with Crippen molar-refractivity contribution in [2.75, 3.05) is 5.32 Å². The Morgan fingerprint density at radius 1 is 1.14 bits per heavy atom. The summed E-state index contributed by atoms with van der Waals surface area (Å²) in [7, 11) is 0. The van der Waals surface area contributed by atoms with Crippen LogP contribution in [0.5, 0.6) is 0 Å². The molecule has 4 aromatic rings. The molecule has 29 heavy (non-hydrogen) atoms. The number of rotatable bonds is 5. The summed E-state index contributed by atoms with van der Waals surface area (Å²) in [5.41, 5.74) is 1.68. The molecule has 0 bridgehead atoms. The summed E-state index contributed by atoms with van der Waals surface area (Å²) in [6, 6.07) is 16.4. The van der Waals surface area contributed by atoms with E-state index in [2.05, 4.69) is 20.4 Å². The number of hydrogen-bond acceptors (Lipinski definition) is 5. The first-order valence-corrected chi connectivity index (χ1v) is 9.77. The number of nitrogens with zero attached hydrogens (tertiary/aromatic N) is 3. The molecule has 0 atom stereocenters. The Morgan fingerprint density at radius 3 is 2.69 bits per heavy atom. The number of H-pyrrole nitrogens is 1. The van der Waals surface area contributed by atoms with Crippen molar-refractivity contribution in [3.8, 4) is 27.8 Å². The molecule has 0 radical (unpaired) electrons. The Bertz CT molecular complexity index is 1220. The van der Waals surface area contributed by atoms with Gasteiger partial charge in [-0.1, -0.05) is 42.5 Å². The van der Waals surface area contributed by atoms with E-state index in [9.17, 15) is 9.59 Å². The average molecular weight is 403 g/mol. The summed E-state index contributed by atoms with van der Waals surface area (Å²) in [6.07, 6.45) is 3.06.